The third kappa shape index (κ3) is 6.14. The fourth-order valence-electron chi connectivity index (χ4n) is 1.57. The molecule has 0 unspecified atom stereocenters. The Morgan fingerprint density at radius 3 is 2.14 bits per heavy atom. The van der Waals surface area contributed by atoms with E-state index in [0.29, 0.717) is 12.1 Å². The smallest absolute Gasteiger partial charge is 0.241 e. The summed E-state index contributed by atoms with van der Waals surface area (Å²) in [6, 6.07) is 6.70. The van der Waals surface area contributed by atoms with Gasteiger partial charge in [-0.25, -0.2) is 0 Å². The number of likely N-dealkylation sites (N-methyl/N-ethyl adjacent to an activating group) is 1. The number of nitrogens with one attached hydrogen (secondary N) is 1. The predicted octanol–water partition coefficient (Wildman–Crippen LogP) is 1.66. The third-order valence-electron chi connectivity index (χ3n) is 3.10. The van der Waals surface area contributed by atoms with Crippen molar-refractivity contribution in [3.8, 4) is 0 Å². The Kier molecular flexibility index (Phi) is 7.99. The van der Waals surface area contributed by atoms with Crippen LogP contribution in [0.4, 0.5) is 5.69 Å². The third-order valence-corrected chi connectivity index (χ3v) is 3.10. The van der Waals surface area contributed by atoms with Crippen LogP contribution in [-0.4, -0.2) is 36.9 Å². The molecule has 2 amide bonds. The zero-order valence-corrected chi connectivity index (χ0v) is 13.7. The molecule has 21 heavy (non-hydrogen) atoms. The normalized spacial score (nSPS) is 11.5. The molecule has 5 nitrogen and oxygen atoms in total. The van der Waals surface area contributed by atoms with E-state index in [4.69, 9.17) is 5.73 Å². The minimum atomic E-state index is -0.523. The lowest BCUT2D eigenvalue weighted by Crippen LogP contribution is -2.39. The Labute approximate surface area is 132 Å². The summed E-state index contributed by atoms with van der Waals surface area (Å²) in [5, 5.41) is 2.77. The highest BCUT2D eigenvalue weighted by Crippen LogP contribution is 2.12. The van der Waals surface area contributed by atoms with Gasteiger partial charge in [0.05, 0.1) is 12.5 Å². The number of rotatable bonds is 5. The number of amides is 2. The molecule has 0 saturated heterocycles. The van der Waals surface area contributed by atoms with E-state index in [0.717, 1.165) is 5.56 Å². The molecule has 0 aliphatic rings. The van der Waals surface area contributed by atoms with Crippen LogP contribution in [0.15, 0.2) is 24.3 Å². The van der Waals surface area contributed by atoms with Crippen molar-refractivity contribution in [2.24, 2.45) is 11.7 Å². The van der Waals surface area contributed by atoms with Crippen LogP contribution in [0.2, 0.25) is 0 Å². The van der Waals surface area contributed by atoms with Crippen molar-refractivity contribution in [2.45, 2.75) is 26.3 Å². The molecule has 6 heteroatoms. The topological polar surface area (TPSA) is 75.4 Å². The predicted molar refractivity (Wildman–Crippen MR) is 87.5 cm³/mol. The largest absolute Gasteiger partial charge is 0.349 e. The van der Waals surface area contributed by atoms with E-state index in [1.165, 1.54) is 0 Å². The molecule has 0 heterocycles. The van der Waals surface area contributed by atoms with Crippen molar-refractivity contribution in [3.05, 3.63) is 29.8 Å². The maximum Gasteiger partial charge on any atom is 0.241 e. The first-order valence-electron chi connectivity index (χ1n) is 6.66. The van der Waals surface area contributed by atoms with Gasteiger partial charge in [0.1, 0.15) is 0 Å². The van der Waals surface area contributed by atoms with Crippen molar-refractivity contribution < 1.29 is 9.59 Å². The molecule has 0 bridgehead atoms. The number of carbonyl (C=O) groups is 2. The minimum Gasteiger partial charge on any atom is -0.349 e. The molecule has 1 atom stereocenters. The van der Waals surface area contributed by atoms with Crippen molar-refractivity contribution in [2.75, 3.05) is 19.4 Å². The molecule has 0 aromatic heterocycles. The van der Waals surface area contributed by atoms with E-state index in [-0.39, 0.29) is 30.1 Å². The lowest BCUT2D eigenvalue weighted by atomic mass is 10.0. The van der Waals surface area contributed by atoms with Gasteiger partial charge >= 0.3 is 0 Å². The van der Waals surface area contributed by atoms with Gasteiger partial charge in [0, 0.05) is 19.8 Å². The molecule has 0 radical (unpaired) electrons. The van der Waals surface area contributed by atoms with E-state index >= 15 is 0 Å². The number of anilines is 1. The first-order valence-corrected chi connectivity index (χ1v) is 6.66. The SMILES string of the molecule is CC(C)[C@@H](N)C(=O)Nc1ccc(CC(=O)N(C)C)cc1.Cl. The van der Waals surface area contributed by atoms with E-state index < -0.39 is 6.04 Å². The quantitative estimate of drug-likeness (QED) is 0.868. The van der Waals surface area contributed by atoms with Gasteiger partial charge in [0.25, 0.3) is 0 Å². The van der Waals surface area contributed by atoms with Crippen molar-refractivity contribution in [3.63, 3.8) is 0 Å². The number of nitrogens with zero attached hydrogens (tertiary/aromatic N) is 1. The summed E-state index contributed by atoms with van der Waals surface area (Å²) in [4.78, 5) is 24.9. The molecule has 1 rings (SSSR count). The molecule has 0 spiro atoms. The van der Waals surface area contributed by atoms with Crippen LogP contribution < -0.4 is 11.1 Å². The Hall–Kier alpha value is -1.59. The van der Waals surface area contributed by atoms with Crippen LogP contribution in [-0.2, 0) is 16.0 Å². The summed E-state index contributed by atoms with van der Waals surface area (Å²) in [7, 11) is 3.45. The lowest BCUT2D eigenvalue weighted by Gasteiger charge is -2.15. The van der Waals surface area contributed by atoms with E-state index in [1.807, 2.05) is 26.0 Å². The van der Waals surface area contributed by atoms with E-state index in [9.17, 15) is 9.59 Å². The number of carbonyl (C=O) groups excluding carboxylic acids is 2. The van der Waals surface area contributed by atoms with Gasteiger partial charge in [0.2, 0.25) is 11.8 Å². The maximum atomic E-state index is 11.8. The molecular weight excluding hydrogens is 290 g/mol. The molecule has 0 aliphatic heterocycles. The van der Waals surface area contributed by atoms with Crippen LogP contribution in [0.1, 0.15) is 19.4 Å². The van der Waals surface area contributed by atoms with Gasteiger partial charge < -0.3 is 16.0 Å². The number of nitrogens with two attached hydrogens (primary N) is 1. The summed E-state index contributed by atoms with van der Waals surface area (Å²) in [5.41, 5.74) is 7.37. The lowest BCUT2D eigenvalue weighted by molar-refractivity contribution is -0.128. The van der Waals surface area contributed by atoms with E-state index in [2.05, 4.69) is 5.32 Å². The summed E-state index contributed by atoms with van der Waals surface area (Å²) in [5.74, 6) is -0.0623. The summed E-state index contributed by atoms with van der Waals surface area (Å²) < 4.78 is 0. The average molecular weight is 314 g/mol. The van der Waals surface area contributed by atoms with Crippen molar-refractivity contribution in [1.82, 2.24) is 4.90 Å². The molecular formula is C15H24ClN3O2. The van der Waals surface area contributed by atoms with Crippen LogP contribution in [0.25, 0.3) is 0 Å². The van der Waals surface area contributed by atoms with Gasteiger partial charge in [-0.05, 0) is 23.6 Å². The molecule has 1 aromatic rings. The second kappa shape index (κ2) is 8.64. The first kappa shape index (κ1) is 19.4. The van der Waals surface area contributed by atoms with Crippen molar-refractivity contribution >= 4 is 29.9 Å². The zero-order chi connectivity index (χ0) is 15.3. The van der Waals surface area contributed by atoms with E-state index in [1.54, 1.807) is 31.1 Å². The highest BCUT2D eigenvalue weighted by Gasteiger charge is 2.17. The number of hydrogen-bond donors (Lipinski definition) is 2. The maximum absolute atomic E-state index is 11.8. The Bertz CT molecular complexity index is 472. The Morgan fingerprint density at radius 1 is 1.19 bits per heavy atom. The molecule has 0 fully saturated rings. The molecule has 0 saturated carbocycles. The second-order valence-electron chi connectivity index (χ2n) is 5.42. The minimum absolute atomic E-state index is 0. The Morgan fingerprint density at radius 2 is 1.71 bits per heavy atom. The monoisotopic (exact) mass is 313 g/mol. The second-order valence-corrected chi connectivity index (χ2v) is 5.42. The highest BCUT2D eigenvalue weighted by molar-refractivity contribution is 5.94. The number of halogens is 1. The molecule has 118 valence electrons. The highest BCUT2D eigenvalue weighted by atomic mass is 35.5. The number of benzene rings is 1. The molecule has 1 aromatic carbocycles. The van der Waals surface area contributed by atoms with Crippen LogP contribution >= 0.6 is 12.4 Å². The van der Waals surface area contributed by atoms with Crippen molar-refractivity contribution in [1.29, 1.82) is 0 Å². The summed E-state index contributed by atoms with van der Waals surface area (Å²) in [6.07, 6.45) is 0.354. The van der Waals surface area contributed by atoms with Crippen LogP contribution in [0.5, 0.6) is 0 Å². The molecule has 3 N–H and O–H groups in total. The van der Waals surface area contributed by atoms with Crippen LogP contribution in [0, 0.1) is 5.92 Å². The number of hydrogen-bond acceptors (Lipinski definition) is 3. The van der Waals surface area contributed by atoms with Gasteiger partial charge in [-0.15, -0.1) is 12.4 Å². The standard InChI is InChI=1S/C15H23N3O2.ClH/c1-10(2)14(16)15(20)17-12-7-5-11(6-8-12)9-13(19)18(3)4;/h5-8,10,14H,9,16H2,1-4H3,(H,17,20);1H/t14-;/m1./s1. The summed E-state index contributed by atoms with van der Waals surface area (Å²) >= 11 is 0. The van der Waals surface area contributed by atoms with Crippen LogP contribution in [0.3, 0.4) is 0 Å². The fraction of sp³-hybridized carbons (Fsp3) is 0.467. The fourth-order valence-corrected chi connectivity index (χ4v) is 1.57. The van der Waals surface area contributed by atoms with Gasteiger partial charge in [-0.2, -0.15) is 0 Å². The van der Waals surface area contributed by atoms with Gasteiger partial charge in [-0.1, -0.05) is 26.0 Å². The zero-order valence-electron chi connectivity index (χ0n) is 12.9. The van der Waals surface area contributed by atoms with Gasteiger partial charge in [-0.3, -0.25) is 9.59 Å². The van der Waals surface area contributed by atoms with Gasteiger partial charge in [0.15, 0.2) is 0 Å². The first-order chi connectivity index (χ1) is 9.31. The Balaban J connectivity index is 0.00000400. The average Bonchev–Trinajstić information content (AvgIpc) is 2.39. The molecule has 0 aliphatic carbocycles. The summed E-state index contributed by atoms with van der Waals surface area (Å²) in [6.45, 7) is 3.81.